The second kappa shape index (κ2) is 8.59. The van der Waals surface area contributed by atoms with Crippen molar-refractivity contribution in [2.75, 3.05) is 13.2 Å². The molecular weight excluding hydrogens is 312 g/mol. The van der Waals surface area contributed by atoms with E-state index in [0.29, 0.717) is 5.82 Å². The number of carbonyl (C=O) groups excluding carboxylic acids is 2. The van der Waals surface area contributed by atoms with Crippen LogP contribution in [-0.2, 0) is 21.0 Å². The van der Waals surface area contributed by atoms with E-state index in [0.717, 1.165) is 5.56 Å². The summed E-state index contributed by atoms with van der Waals surface area (Å²) >= 11 is 0. The molecule has 0 aliphatic rings. The first kappa shape index (κ1) is 17.4. The monoisotopic (exact) mass is 330 g/mol. The Morgan fingerprint density at radius 2 is 1.96 bits per heavy atom. The lowest BCUT2D eigenvalue weighted by Crippen LogP contribution is -2.15. The number of aromatic nitrogens is 3. The van der Waals surface area contributed by atoms with E-state index in [-0.39, 0.29) is 31.7 Å². The highest BCUT2D eigenvalue weighted by Crippen LogP contribution is 2.07. The van der Waals surface area contributed by atoms with Crippen molar-refractivity contribution >= 4 is 24.0 Å². The lowest BCUT2D eigenvalue weighted by molar-refractivity contribution is -0.142. The van der Waals surface area contributed by atoms with Crippen LogP contribution >= 0.6 is 0 Å². The van der Waals surface area contributed by atoms with Gasteiger partial charge in [-0.2, -0.15) is 0 Å². The van der Waals surface area contributed by atoms with Gasteiger partial charge in [-0.05, 0) is 11.6 Å². The molecule has 126 valence electrons. The van der Waals surface area contributed by atoms with Crippen LogP contribution in [0.15, 0.2) is 30.3 Å². The summed E-state index contributed by atoms with van der Waals surface area (Å²) in [6.07, 6.45) is 3.55. The van der Waals surface area contributed by atoms with Crippen molar-refractivity contribution in [1.82, 2.24) is 14.8 Å². The predicted octanol–water partition coefficient (Wildman–Crippen LogP) is 1.08. The molecule has 1 aromatic carbocycles. The number of nitrogens with two attached hydrogens (primary N) is 1. The van der Waals surface area contributed by atoms with Gasteiger partial charge in [-0.1, -0.05) is 36.4 Å². The minimum Gasteiger partial charge on any atom is -0.463 e. The molecule has 2 rings (SSSR count). The van der Waals surface area contributed by atoms with Crippen LogP contribution in [0.3, 0.4) is 0 Å². The molecule has 0 spiro atoms. The second-order valence-corrected chi connectivity index (χ2v) is 4.78. The number of nitrogens with zero attached hydrogens (tertiary/aromatic N) is 3. The van der Waals surface area contributed by atoms with Gasteiger partial charge in [0.25, 0.3) is 5.91 Å². The van der Waals surface area contributed by atoms with Gasteiger partial charge in [-0.25, -0.2) is 9.67 Å². The Hall–Kier alpha value is -3.00. The van der Waals surface area contributed by atoms with Crippen LogP contribution in [0.4, 0.5) is 0 Å². The normalized spacial score (nSPS) is 10.9. The number of hydrogen-bond acceptors (Lipinski definition) is 6. The fourth-order valence-electron chi connectivity index (χ4n) is 1.81. The zero-order chi connectivity index (χ0) is 17.4. The molecule has 0 saturated carbocycles. The molecule has 2 N–H and O–H groups in total. The maximum absolute atomic E-state index is 11.3. The molecule has 0 radical (unpaired) electrons. The molecule has 24 heavy (non-hydrogen) atoms. The van der Waals surface area contributed by atoms with Crippen molar-refractivity contribution in [1.29, 1.82) is 0 Å². The van der Waals surface area contributed by atoms with E-state index >= 15 is 0 Å². The SMILES string of the molecule is CC(=O)OCCOCn1nc(C(N)=O)nc1/C=C/c1ccccc1. The molecule has 1 heterocycles. The fourth-order valence-corrected chi connectivity index (χ4v) is 1.81. The first-order valence-electron chi connectivity index (χ1n) is 7.25. The highest BCUT2D eigenvalue weighted by Gasteiger charge is 2.12. The van der Waals surface area contributed by atoms with E-state index in [2.05, 4.69) is 10.1 Å². The minimum atomic E-state index is -0.719. The quantitative estimate of drug-likeness (QED) is 0.573. The van der Waals surface area contributed by atoms with Gasteiger partial charge >= 0.3 is 5.97 Å². The molecule has 8 nitrogen and oxygen atoms in total. The second-order valence-electron chi connectivity index (χ2n) is 4.78. The smallest absolute Gasteiger partial charge is 0.302 e. The van der Waals surface area contributed by atoms with Crippen LogP contribution in [0.1, 0.15) is 28.9 Å². The van der Waals surface area contributed by atoms with E-state index < -0.39 is 5.91 Å². The largest absolute Gasteiger partial charge is 0.463 e. The summed E-state index contributed by atoms with van der Waals surface area (Å²) < 4.78 is 11.5. The van der Waals surface area contributed by atoms with Gasteiger partial charge in [0.15, 0.2) is 5.82 Å². The summed E-state index contributed by atoms with van der Waals surface area (Å²) in [5.41, 5.74) is 6.19. The van der Waals surface area contributed by atoms with Crippen LogP contribution in [0.25, 0.3) is 12.2 Å². The Kier molecular flexibility index (Phi) is 6.21. The third kappa shape index (κ3) is 5.33. The van der Waals surface area contributed by atoms with Crippen molar-refractivity contribution in [3.63, 3.8) is 0 Å². The average molecular weight is 330 g/mol. The number of hydrogen-bond donors (Lipinski definition) is 1. The lowest BCUT2D eigenvalue weighted by Gasteiger charge is -2.05. The molecule has 1 aromatic heterocycles. The number of primary amides is 1. The summed E-state index contributed by atoms with van der Waals surface area (Å²) in [4.78, 5) is 26.0. The van der Waals surface area contributed by atoms with Crippen LogP contribution in [0.5, 0.6) is 0 Å². The number of rotatable bonds is 8. The number of ether oxygens (including phenoxy) is 2. The molecule has 0 aliphatic heterocycles. The van der Waals surface area contributed by atoms with Crippen LogP contribution in [0.2, 0.25) is 0 Å². The number of benzene rings is 1. The zero-order valence-electron chi connectivity index (χ0n) is 13.2. The average Bonchev–Trinajstić information content (AvgIpc) is 2.97. The lowest BCUT2D eigenvalue weighted by atomic mass is 10.2. The summed E-state index contributed by atoms with van der Waals surface area (Å²) in [6.45, 7) is 1.72. The Labute approximate surface area is 138 Å². The predicted molar refractivity (Wildman–Crippen MR) is 86.5 cm³/mol. The highest BCUT2D eigenvalue weighted by molar-refractivity contribution is 5.89. The molecule has 0 bridgehead atoms. The van der Waals surface area contributed by atoms with Gasteiger partial charge in [-0.3, -0.25) is 9.59 Å². The summed E-state index contributed by atoms with van der Waals surface area (Å²) in [5.74, 6) is -0.753. The third-order valence-electron chi connectivity index (χ3n) is 2.89. The van der Waals surface area contributed by atoms with Crippen molar-refractivity contribution in [3.05, 3.63) is 47.5 Å². The fraction of sp³-hybridized carbons (Fsp3) is 0.250. The van der Waals surface area contributed by atoms with Crippen LogP contribution < -0.4 is 5.73 Å². The van der Waals surface area contributed by atoms with E-state index in [4.69, 9.17) is 15.2 Å². The summed E-state index contributed by atoms with van der Waals surface area (Å²) in [6, 6.07) is 9.61. The highest BCUT2D eigenvalue weighted by atomic mass is 16.6. The van der Waals surface area contributed by atoms with Crippen LogP contribution in [0, 0.1) is 0 Å². The third-order valence-corrected chi connectivity index (χ3v) is 2.89. The molecule has 0 saturated heterocycles. The van der Waals surface area contributed by atoms with Crippen molar-refractivity contribution in [2.24, 2.45) is 5.73 Å². The molecule has 0 unspecified atom stereocenters. The van der Waals surface area contributed by atoms with E-state index in [1.165, 1.54) is 11.6 Å². The van der Waals surface area contributed by atoms with E-state index in [1.54, 1.807) is 6.08 Å². The first-order chi connectivity index (χ1) is 11.6. The van der Waals surface area contributed by atoms with Gasteiger partial charge in [-0.15, -0.1) is 5.10 Å². The molecule has 1 amide bonds. The Morgan fingerprint density at radius 3 is 2.62 bits per heavy atom. The zero-order valence-corrected chi connectivity index (χ0v) is 13.2. The molecular formula is C16H18N4O4. The van der Waals surface area contributed by atoms with Gasteiger partial charge in [0.2, 0.25) is 5.82 Å². The van der Waals surface area contributed by atoms with Crippen molar-refractivity contribution in [3.8, 4) is 0 Å². The Balaban J connectivity index is 2.04. The molecule has 2 aromatic rings. The van der Waals surface area contributed by atoms with Crippen molar-refractivity contribution in [2.45, 2.75) is 13.7 Å². The minimum absolute atomic E-state index is 0.0516. The molecule has 8 heteroatoms. The van der Waals surface area contributed by atoms with Gasteiger partial charge in [0.1, 0.15) is 13.3 Å². The van der Waals surface area contributed by atoms with Crippen LogP contribution in [-0.4, -0.2) is 39.9 Å². The van der Waals surface area contributed by atoms with E-state index in [1.807, 2.05) is 36.4 Å². The number of carbonyl (C=O) groups is 2. The Bertz CT molecular complexity index is 725. The Morgan fingerprint density at radius 1 is 1.21 bits per heavy atom. The molecule has 0 aliphatic carbocycles. The standard InChI is InChI=1S/C16H18N4O4/c1-12(21)24-10-9-23-11-20-14(18-16(19-20)15(17)22)8-7-13-5-3-2-4-6-13/h2-8H,9-11H2,1H3,(H2,17,22)/b8-7+. The maximum atomic E-state index is 11.3. The van der Waals surface area contributed by atoms with Gasteiger partial charge in [0.05, 0.1) is 6.61 Å². The number of amides is 1. The topological polar surface area (TPSA) is 109 Å². The summed E-state index contributed by atoms with van der Waals surface area (Å²) in [7, 11) is 0. The van der Waals surface area contributed by atoms with Gasteiger partial charge < -0.3 is 15.2 Å². The number of esters is 1. The molecule has 0 atom stereocenters. The van der Waals surface area contributed by atoms with Crippen molar-refractivity contribution < 1.29 is 19.1 Å². The summed E-state index contributed by atoms with van der Waals surface area (Å²) in [5, 5.41) is 4.00. The van der Waals surface area contributed by atoms with Gasteiger partial charge in [0, 0.05) is 6.92 Å². The van der Waals surface area contributed by atoms with E-state index in [9.17, 15) is 9.59 Å². The first-order valence-corrected chi connectivity index (χ1v) is 7.25. The molecule has 0 fully saturated rings. The maximum Gasteiger partial charge on any atom is 0.302 e.